The average molecular weight is 260 g/mol. The Morgan fingerprint density at radius 3 is 1.80 bits per heavy atom. The van der Waals surface area contributed by atoms with Crippen LogP contribution in [0.4, 0.5) is 0 Å². The van der Waals surface area contributed by atoms with Crippen LogP contribution in [-0.2, 0) is 0 Å². The van der Waals surface area contributed by atoms with Crippen LogP contribution in [0.1, 0.15) is 19.8 Å². The quantitative estimate of drug-likeness (QED) is 0.537. The van der Waals surface area contributed by atoms with Gasteiger partial charge in [-0.1, -0.05) is 13.3 Å². The summed E-state index contributed by atoms with van der Waals surface area (Å²) < 4.78 is 0. The van der Waals surface area contributed by atoms with Gasteiger partial charge in [-0.3, -0.25) is 0 Å². The van der Waals surface area contributed by atoms with Gasteiger partial charge in [-0.15, -0.1) is 0 Å². The predicted molar refractivity (Wildman–Crippen MR) is 48.1 cm³/mol. The first-order valence-electron chi connectivity index (χ1n) is 3.37. The summed E-state index contributed by atoms with van der Waals surface area (Å²) in [5, 5.41) is 0. The normalized spacial score (nSPS) is 7.00. The molecule has 10 heavy (non-hydrogen) atoms. The first kappa shape index (κ1) is 13.5. The first-order chi connectivity index (χ1) is 4.41. The van der Waals surface area contributed by atoms with Crippen molar-refractivity contribution in [3.8, 4) is 0 Å². The van der Waals surface area contributed by atoms with Crippen molar-refractivity contribution in [1.29, 1.82) is 0 Å². The van der Waals surface area contributed by atoms with Crippen LogP contribution in [0.15, 0.2) is 30.3 Å². The largest absolute Gasteiger partial charge is 2.00 e. The van der Waals surface area contributed by atoms with Gasteiger partial charge in [-0.2, -0.15) is 24.6 Å². The van der Waals surface area contributed by atoms with Crippen molar-refractivity contribution in [2.45, 2.75) is 19.8 Å². The minimum absolute atomic E-state index is 0. The molecule has 0 saturated heterocycles. The fraction of sp³-hybridized carbons (Fsp3) is 0.333. The molecule has 1 heteroatoms. The number of hydrogen-bond acceptors (Lipinski definition) is 0. The fourth-order valence-electron chi connectivity index (χ4n) is 0.321. The van der Waals surface area contributed by atoms with Gasteiger partial charge in [0.15, 0.2) is 0 Å². The van der Waals surface area contributed by atoms with Crippen molar-refractivity contribution in [2.24, 2.45) is 0 Å². The van der Waals surface area contributed by atoms with Crippen LogP contribution in [-0.4, -0.2) is 48.9 Å². The Labute approximate surface area is 104 Å². The van der Waals surface area contributed by atoms with E-state index in [1.165, 1.54) is 6.42 Å². The molecule has 0 N–H and O–H groups in total. The van der Waals surface area contributed by atoms with Crippen molar-refractivity contribution < 1.29 is 0 Å². The molecule has 52 valence electrons. The van der Waals surface area contributed by atoms with Crippen LogP contribution < -0.4 is 0 Å². The molecule has 0 heterocycles. The van der Waals surface area contributed by atoms with Gasteiger partial charge in [0.1, 0.15) is 0 Å². The number of rotatable bonds is 1. The molecular formula is C9H14Ba. The number of unbranched alkanes of at least 4 members (excludes halogenated alkanes) is 1. The molecule has 0 bridgehead atoms. The minimum atomic E-state index is 0. The van der Waals surface area contributed by atoms with Crippen molar-refractivity contribution in [1.82, 2.24) is 0 Å². The van der Waals surface area contributed by atoms with E-state index in [4.69, 9.17) is 0 Å². The summed E-state index contributed by atoms with van der Waals surface area (Å²) in [6, 6.07) is 10.0. The summed E-state index contributed by atoms with van der Waals surface area (Å²) in [4.78, 5) is 0. The van der Waals surface area contributed by atoms with Gasteiger partial charge in [0.25, 0.3) is 0 Å². The third-order valence-electron chi connectivity index (χ3n) is 0.909. The molecule has 0 aliphatic heterocycles. The maximum atomic E-state index is 3.60. The Balaban J connectivity index is 0. The van der Waals surface area contributed by atoms with E-state index in [9.17, 15) is 0 Å². The second-order valence-electron chi connectivity index (χ2n) is 1.82. The summed E-state index contributed by atoms with van der Waals surface area (Å²) in [5.41, 5.74) is 0. The zero-order valence-corrected chi connectivity index (χ0v) is 11.2. The Morgan fingerprint density at radius 1 is 1.30 bits per heavy atom. The molecule has 1 rings (SSSR count). The molecule has 0 nitrogen and oxygen atoms in total. The Hall–Kier alpha value is 0.921. The van der Waals surface area contributed by atoms with Crippen molar-refractivity contribution >= 4 is 48.9 Å². The van der Waals surface area contributed by atoms with Crippen molar-refractivity contribution in [2.75, 3.05) is 0 Å². The van der Waals surface area contributed by atoms with E-state index in [0.29, 0.717) is 0 Å². The molecule has 0 amide bonds. The summed E-state index contributed by atoms with van der Waals surface area (Å²) in [6.45, 7) is 5.72. The summed E-state index contributed by atoms with van der Waals surface area (Å²) in [7, 11) is 0. The van der Waals surface area contributed by atoms with Gasteiger partial charge in [-0.25, -0.2) is 12.1 Å². The van der Waals surface area contributed by atoms with E-state index in [2.05, 4.69) is 13.8 Å². The van der Waals surface area contributed by atoms with Gasteiger partial charge in [-0.05, 0) is 0 Å². The molecule has 1 aromatic carbocycles. The minimum Gasteiger partial charge on any atom is -0.343 e. The summed E-state index contributed by atoms with van der Waals surface area (Å²) >= 11 is 0. The molecule has 0 saturated carbocycles. The van der Waals surface area contributed by atoms with Gasteiger partial charge in [0.2, 0.25) is 0 Å². The second-order valence-corrected chi connectivity index (χ2v) is 1.82. The molecule has 0 radical (unpaired) electrons. The van der Waals surface area contributed by atoms with Crippen molar-refractivity contribution in [3.05, 3.63) is 37.3 Å². The van der Waals surface area contributed by atoms with E-state index in [1.807, 2.05) is 30.3 Å². The zero-order chi connectivity index (χ0) is 6.95. The van der Waals surface area contributed by atoms with E-state index < -0.39 is 0 Å². The topological polar surface area (TPSA) is 0 Å². The third-order valence-corrected chi connectivity index (χ3v) is 0.909. The van der Waals surface area contributed by atoms with Gasteiger partial charge >= 0.3 is 48.9 Å². The Morgan fingerprint density at radius 2 is 1.70 bits per heavy atom. The maximum Gasteiger partial charge on any atom is 2.00 e. The molecule has 0 atom stereocenters. The van der Waals surface area contributed by atoms with Crippen LogP contribution in [0, 0.1) is 6.92 Å². The molecule has 0 aliphatic carbocycles. The SMILES string of the molecule is [Ba+2].[CH2-]CCC.c1cc[cH-]c1. The zero-order valence-electron chi connectivity index (χ0n) is 6.72. The monoisotopic (exact) mass is 260 g/mol. The van der Waals surface area contributed by atoms with Crippen LogP contribution in [0.25, 0.3) is 0 Å². The van der Waals surface area contributed by atoms with Gasteiger partial charge in [0.05, 0.1) is 0 Å². The average Bonchev–Trinajstić information content (AvgIpc) is 2.43. The van der Waals surface area contributed by atoms with E-state index in [-0.39, 0.29) is 48.9 Å². The van der Waals surface area contributed by atoms with Crippen LogP contribution in [0.3, 0.4) is 0 Å². The molecule has 0 fully saturated rings. The Bertz CT molecular complexity index is 80.3. The van der Waals surface area contributed by atoms with Crippen LogP contribution in [0.5, 0.6) is 0 Å². The summed E-state index contributed by atoms with van der Waals surface area (Å²) in [6.07, 6.45) is 2.28. The van der Waals surface area contributed by atoms with Gasteiger partial charge < -0.3 is 6.92 Å². The number of hydrogen-bond donors (Lipinski definition) is 0. The van der Waals surface area contributed by atoms with Crippen molar-refractivity contribution in [3.63, 3.8) is 0 Å². The molecule has 0 unspecified atom stereocenters. The molecule has 0 aliphatic rings. The standard InChI is InChI=1S/C5H5.C4H9.Ba/c1-2-4-5-3-1;1-3-4-2;/h1-5H;1,3-4H2,2H3;/q2*-1;+2. The van der Waals surface area contributed by atoms with Crippen LogP contribution in [0.2, 0.25) is 0 Å². The fourth-order valence-corrected chi connectivity index (χ4v) is 0.321. The molecule has 1 aromatic rings. The van der Waals surface area contributed by atoms with E-state index >= 15 is 0 Å². The van der Waals surface area contributed by atoms with Gasteiger partial charge in [0, 0.05) is 0 Å². The van der Waals surface area contributed by atoms with Crippen LogP contribution >= 0.6 is 0 Å². The Kier molecular flexibility index (Phi) is 17.0. The van der Waals surface area contributed by atoms with E-state index in [1.54, 1.807) is 0 Å². The molecule has 0 spiro atoms. The molecule has 0 aromatic heterocycles. The third kappa shape index (κ3) is 11.7. The summed E-state index contributed by atoms with van der Waals surface area (Å²) in [5.74, 6) is 0. The maximum absolute atomic E-state index is 3.60. The van der Waals surface area contributed by atoms with E-state index in [0.717, 1.165) is 6.42 Å². The smallest absolute Gasteiger partial charge is 0.343 e. The predicted octanol–water partition coefficient (Wildman–Crippen LogP) is 2.65. The first-order valence-corrected chi connectivity index (χ1v) is 3.37. The second kappa shape index (κ2) is 12.6. The molecular weight excluding hydrogens is 245 g/mol.